The fraction of sp³-hybridized carbons (Fsp3) is 0.364. The molecule has 2 aliphatic carbocycles. The number of hydrogen-bond donors (Lipinski definition) is 1. The SMILES string of the molecule is O=CN(c1ccc2ccccc2c1-c1c(NC2CCCCC2)ccc2ccccc12)C1CCCCC1. The molecule has 1 amide bonds. The van der Waals surface area contributed by atoms with Crippen LogP contribution in [0, 0.1) is 0 Å². The van der Waals surface area contributed by atoms with Crippen molar-refractivity contribution in [2.24, 2.45) is 0 Å². The van der Waals surface area contributed by atoms with Gasteiger partial charge in [-0.2, -0.15) is 0 Å². The second-order valence-corrected chi connectivity index (χ2v) is 10.7. The summed E-state index contributed by atoms with van der Waals surface area (Å²) in [5, 5.41) is 8.85. The highest BCUT2D eigenvalue weighted by atomic mass is 16.1. The van der Waals surface area contributed by atoms with Crippen LogP contribution in [0.4, 0.5) is 11.4 Å². The average Bonchev–Trinajstić information content (AvgIpc) is 2.95. The fourth-order valence-electron chi connectivity index (χ4n) is 6.56. The van der Waals surface area contributed by atoms with Gasteiger partial charge in [-0.15, -0.1) is 0 Å². The lowest BCUT2D eigenvalue weighted by Gasteiger charge is -2.34. The third kappa shape index (κ3) is 4.36. The molecule has 1 N–H and O–H groups in total. The Hall–Kier alpha value is -3.33. The zero-order valence-electron chi connectivity index (χ0n) is 21.1. The Morgan fingerprint density at radius 3 is 1.89 bits per heavy atom. The zero-order valence-corrected chi connectivity index (χ0v) is 21.1. The Morgan fingerprint density at radius 1 is 0.639 bits per heavy atom. The predicted octanol–water partition coefficient (Wildman–Crippen LogP) is 8.70. The molecule has 0 aliphatic heterocycles. The largest absolute Gasteiger partial charge is 0.382 e. The van der Waals surface area contributed by atoms with Gasteiger partial charge < -0.3 is 10.2 Å². The molecule has 3 nitrogen and oxygen atoms in total. The van der Waals surface area contributed by atoms with Gasteiger partial charge in [-0.3, -0.25) is 4.79 Å². The highest BCUT2D eigenvalue weighted by Crippen LogP contribution is 2.46. The van der Waals surface area contributed by atoms with Crippen LogP contribution in [0.5, 0.6) is 0 Å². The standard InChI is InChI=1S/C33H36N2O/c36-23-35(27-15-5-2-6-16-27)31-22-20-25-12-8-10-18-29(25)33(31)32-28-17-9-7-11-24(28)19-21-30(32)34-26-13-3-1-4-14-26/h7-12,17-23,26-27,34H,1-6,13-16H2. The average molecular weight is 477 g/mol. The molecular formula is C33H36N2O. The number of rotatable bonds is 6. The highest BCUT2D eigenvalue weighted by molar-refractivity contribution is 6.14. The lowest BCUT2D eigenvalue weighted by Crippen LogP contribution is -2.36. The topological polar surface area (TPSA) is 32.3 Å². The maximum absolute atomic E-state index is 12.7. The molecule has 0 radical (unpaired) electrons. The monoisotopic (exact) mass is 476 g/mol. The van der Waals surface area contributed by atoms with E-state index < -0.39 is 0 Å². The first-order chi connectivity index (χ1) is 17.8. The lowest BCUT2D eigenvalue weighted by atomic mass is 9.88. The van der Waals surface area contributed by atoms with Crippen molar-refractivity contribution in [3.63, 3.8) is 0 Å². The molecule has 0 spiro atoms. The van der Waals surface area contributed by atoms with Crippen LogP contribution in [-0.2, 0) is 4.79 Å². The van der Waals surface area contributed by atoms with Crippen molar-refractivity contribution in [2.75, 3.05) is 10.2 Å². The van der Waals surface area contributed by atoms with Crippen molar-refractivity contribution in [1.29, 1.82) is 0 Å². The van der Waals surface area contributed by atoms with Gasteiger partial charge in [-0.25, -0.2) is 0 Å². The van der Waals surface area contributed by atoms with Crippen LogP contribution in [0.3, 0.4) is 0 Å². The van der Waals surface area contributed by atoms with E-state index in [2.05, 4.69) is 78.1 Å². The summed E-state index contributed by atoms with van der Waals surface area (Å²) < 4.78 is 0. The molecule has 6 rings (SSSR count). The molecule has 4 aromatic rings. The third-order valence-electron chi connectivity index (χ3n) is 8.41. The molecule has 2 saturated carbocycles. The van der Waals surface area contributed by atoms with E-state index in [1.54, 1.807) is 0 Å². The van der Waals surface area contributed by atoms with E-state index in [-0.39, 0.29) is 6.04 Å². The normalized spacial score (nSPS) is 17.3. The van der Waals surface area contributed by atoms with Crippen molar-refractivity contribution in [1.82, 2.24) is 0 Å². The predicted molar refractivity (Wildman–Crippen MR) is 153 cm³/mol. The van der Waals surface area contributed by atoms with E-state index in [4.69, 9.17) is 0 Å². The molecule has 0 heterocycles. The first-order valence-electron chi connectivity index (χ1n) is 13.9. The van der Waals surface area contributed by atoms with Crippen LogP contribution < -0.4 is 10.2 Å². The van der Waals surface area contributed by atoms with Crippen molar-refractivity contribution in [2.45, 2.75) is 76.3 Å². The van der Waals surface area contributed by atoms with Crippen molar-refractivity contribution in [3.8, 4) is 11.1 Å². The Balaban J connectivity index is 1.61. The zero-order chi connectivity index (χ0) is 24.3. The number of fused-ring (bicyclic) bond motifs is 2. The molecular weight excluding hydrogens is 440 g/mol. The molecule has 4 aromatic carbocycles. The number of nitrogens with zero attached hydrogens (tertiary/aromatic N) is 1. The van der Waals surface area contributed by atoms with Gasteiger partial charge in [0.25, 0.3) is 0 Å². The van der Waals surface area contributed by atoms with Crippen LogP contribution in [0.1, 0.15) is 64.2 Å². The van der Waals surface area contributed by atoms with E-state index in [9.17, 15) is 4.79 Å². The summed E-state index contributed by atoms with van der Waals surface area (Å²) in [6.45, 7) is 0. The van der Waals surface area contributed by atoms with Crippen LogP contribution in [0.2, 0.25) is 0 Å². The summed E-state index contributed by atoms with van der Waals surface area (Å²) in [7, 11) is 0. The fourth-order valence-corrected chi connectivity index (χ4v) is 6.56. The molecule has 3 heteroatoms. The number of hydrogen-bond acceptors (Lipinski definition) is 2. The van der Waals surface area contributed by atoms with E-state index >= 15 is 0 Å². The molecule has 0 bridgehead atoms. The summed E-state index contributed by atoms with van der Waals surface area (Å²) in [4.78, 5) is 14.7. The first kappa shape index (κ1) is 23.1. The molecule has 36 heavy (non-hydrogen) atoms. The second-order valence-electron chi connectivity index (χ2n) is 10.7. The van der Waals surface area contributed by atoms with E-state index in [1.165, 1.54) is 89.7 Å². The van der Waals surface area contributed by atoms with Crippen LogP contribution in [0.15, 0.2) is 72.8 Å². The third-order valence-corrected chi connectivity index (χ3v) is 8.41. The number of benzene rings is 4. The van der Waals surface area contributed by atoms with Crippen LogP contribution in [0.25, 0.3) is 32.7 Å². The maximum Gasteiger partial charge on any atom is 0.214 e. The van der Waals surface area contributed by atoms with Crippen molar-refractivity contribution >= 4 is 39.3 Å². The molecule has 2 fully saturated rings. The van der Waals surface area contributed by atoms with Gasteiger partial charge in [0.05, 0.1) is 5.69 Å². The summed E-state index contributed by atoms with van der Waals surface area (Å²) in [5.41, 5.74) is 4.64. The molecule has 0 saturated heterocycles. The number of amides is 1. The van der Waals surface area contributed by atoms with Crippen LogP contribution in [-0.4, -0.2) is 18.5 Å². The molecule has 0 aromatic heterocycles. The Morgan fingerprint density at radius 2 is 1.22 bits per heavy atom. The quantitative estimate of drug-likeness (QED) is 0.282. The van der Waals surface area contributed by atoms with Gasteiger partial charge in [-0.1, -0.05) is 99.2 Å². The number of carbonyl (C=O) groups excluding carboxylic acids is 1. The molecule has 0 unspecified atom stereocenters. The number of anilines is 2. The molecule has 0 atom stereocenters. The van der Waals surface area contributed by atoms with E-state index in [0.29, 0.717) is 6.04 Å². The van der Waals surface area contributed by atoms with Crippen molar-refractivity contribution < 1.29 is 4.79 Å². The number of carbonyl (C=O) groups is 1. The summed E-state index contributed by atoms with van der Waals surface area (Å²) >= 11 is 0. The summed E-state index contributed by atoms with van der Waals surface area (Å²) in [6, 6.07) is 27.0. The van der Waals surface area contributed by atoms with E-state index in [0.717, 1.165) is 24.9 Å². The van der Waals surface area contributed by atoms with Gasteiger partial charge in [0.2, 0.25) is 6.41 Å². The van der Waals surface area contributed by atoms with Gasteiger partial charge in [0.1, 0.15) is 0 Å². The summed E-state index contributed by atoms with van der Waals surface area (Å²) in [5.74, 6) is 0. The summed E-state index contributed by atoms with van der Waals surface area (Å²) in [6.07, 6.45) is 13.3. The van der Waals surface area contributed by atoms with Gasteiger partial charge in [-0.05, 0) is 59.4 Å². The van der Waals surface area contributed by atoms with E-state index in [1.807, 2.05) is 4.90 Å². The van der Waals surface area contributed by atoms with Crippen molar-refractivity contribution in [3.05, 3.63) is 72.8 Å². The molecule has 2 aliphatic rings. The minimum atomic E-state index is 0.265. The minimum Gasteiger partial charge on any atom is -0.382 e. The Labute approximate surface area is 214 Å². The lowest BCUT2D eigenvalue weighted by molar-refractivity contribution is -0.108. The highest BCUT2D eigenvalue weighted by Gasteiger charge is 2.27. The minimum absolute atomic E-state index is 0.265. The number of nitrogens with one attached hydrogen (secondary N) is 1. The van der Waals surface area contributed by atoms with Crippen LogP contribution >= 0.6 is 0 Å². The van der Waals surface area contributed by atoms with Gasteiger partial charge in [0, 0.05) is 28.9 Å². The van der Waals surface area contributed by atoms with Gasteiger partial charge >= 0.3 is 0 Å². The first-order valence-corrected chi connectivity index (χ1v) is 13.9. The van der Waals surface area contributed by atoms with Gasteiger partial charge in [0.15, 0.2) is 0 Å². The second kappa shape index (κ2) is 10.3. The molecule has 184 valence electrons. The maximum atomic E-state index is 12.7. The Kier molecular flexibility index (Phi) is 6.63. The smallest absolute Gasteiger partial charge is 0.214 e. The Bertz CT molecular complexity index is 1370.